The summed E-state index contributed by atoms with van der Waals surface area (Å²) in [5.74, 6) is 1.37. The minimum Gasteiger partial charge on any atom is -0.481 e. The van der Waals surface area contributed by atoms with Gasteiger partial charge in [0.1, 0.15) is 5.75 Å². The number of hydrogen-bond acceptors (Lipinski definition) is 4. The highest BCUT2D eigenvalue weighted by atomic mass is 35.5. The predicted octanol–water partition coefficient (Wildman–Crippen LogP) is 3.12. The first kappa shape index (κ1) is 11.5. The van der Waals surface area contributed by atoms with Crippen molar-refractivity contribution in [2.45, 2.75) is 0 Å². The number of benzene rings is 1. The van der Waals surface area contributed by atoms with Gasteiger partial charge in [-0.2, -0.15) is 4.98 Å². The number of anilines is 1. The highest BCUT2D eigenvalue weighted by molar-refractivity contribution is 6.30. The number of nitrogens with two attached hydrogens (primary N) is 1. The van der Waals surface area contributed by atoms with E-state index < -0.39 is 0 Å². The minimum atomic E-state index is 0.312. The van der Waals surface area contributed by atoms with E-state index >= 15 is 0 Å². The Balaban J connectivity index is 2.25. The third-order valence-corrected chi connectivity index (χ3v) is 2.35. The van der Waals surface area contributed by atoms with Crippen LogP contribution in [0.3, 0.4) is 0 Å². The zero-order valence-electron chi connectivity index (χ0n) is 9.18. The Bertz CT molecular complexity index is 514. The van der Waals surface area contributed by atoms with E-state index in [1.807, 2.05) is 0 Å². The topological polar surface area (TPSA) is 57.4 Å². The lowest BCUT2D eigenvalue weighted by Gasteiger charge is -2.08. The quantitative estimate of drug-likeness (QED) is 0.909. The van der Waals surface area contributed by atoms with E-state index in [0.29, 0.717) is 28.2 Å². The van der Waals surface area contributed by atoms with E-state index in [4.69, 9.17) is 26.8 Å². The number of nitrogens with zero attached hydrogens (tertiary/aromatic N) is 1. The molecule has 0 saturated carbocycles. The van der Waals surface area contributed by atoms with E-state index in [2.05, 4.69) is 4.98 Å². The summed E-state index contributed by atoms with van der Waals surface area (Å²) in [5.41, 5.74) is 6.20. The molecule has 2 rings (SSSR count). The van der Waals surface area contributed by atoms with Crippen LogP contribution in [-0.4, -0.2) is 12.1 Å². The number of ether oxygens (including phenoxy) is 2. The summed E-state index contributed by atoms with van der Waals surface area (Å²) < 4.78 is 10.5. The fourth-order valence-corrected chi connectivity index (χ4v) is 1.37. The third kappa shape index (κ3) is 2.79. The van der Waals surface area contributed by atoms with E-state index in [0.717, 1.165) is 0 Å². The molecule has 0 unspecified atom stereocenters. The Labute approximate surface area is 104 Å². The molecule has 0 amide bonds. The molecule has 0 spiro atoms. The lowest BCUT2D eigenvalue weighted by molar-refractivity contribution is 0.384. The zero-order valence-corrected chi connectivity index (χ0v) is 9.94. The molecule has 17 heavy (non-hydrogen) atoms. The van der Waals surface area contributed by atoms with Crippen molar-refractivity contribution >= 4 is 17.3 Å². The molecule has 1 aromatic carbocycles. The van der Waals surface area contributed by atoms with Gasteiger partial charge in [-0.15, -0.1) is 0 Å². The minimum absolute atomic E-state index is 0.312. The molecule has 88 valence electrons. The molecular formula is C12H11ClN2O2. The van der Waals surface area contributed by atoms with Crippen LogP contribution in [-0.2, 0) is 0 Å². The van der Waals surface area contributed by atoms with Gasteiger partial charge >= 0.3 is 0 Å². The van der Waals surface area contributed by atoms with Gasteiger partial charge in [0.05, 0.1) is 12.8 Å². The summed E-state index contributed by atoms with van der Waals surface area (Å²) >= 11 is 5.78. The van der Waals surface area contributed by atoms with Crippen LogP contribution in [0.1, 0.15) is 0 Å². The first-order valence-corrected chi connectivity index (χ1v) is 5.31. The van der Waals surface area contributed by atoms with Crippen molar-refractivity contribution in [3.05, 3.63) is 41.4 Å². The lowest BCUT2D eigenvalue weighted by Crippen LogP contribution is -1.97. The molecule has 0 aliphatic carbocycles. The summed E-state index contributed by atoms with van der Waals surface area (Å²) in [6.45, 7) is 0. The molecule has 0 saturated heterocycles. The number of rotatable bonds is 3. The highest BCUT2D eigenvalue weighted by Crippen LogP contribution is 2.28. The van der Waals surface area contributed by atoms with Crippen molar-refractivity contribution in [1.82, 2.24) is 4.98 Å². The van der Waals surface area contributed by atoms with Gasteiger partial charge in [-0.25, -0.2) is 0 Å². The molecule has 4 nitrogen and oxygen atoms in total. The Morgan fingerprint density at radius 1 is 1.12 bits per heavy atom. The Morgan fingerprint density at radius 3 is 2.47 bits per heavy atom. The number of aromatic nitrogens is 1. The van der Waals surface area contributed by atoms with E-state index in [-0.39, 0.29) is 0 Å². The van der Waals surface area contributed by atoms with Gasteiger partial charge in [0.15, 0.2) is 0 Å². The van der Waals surface area contributed by atoms with Gasteiger partial charge in [-0.3, -0.25) is 0 Å². The maximum Gasteiger partial charge on any atom is 0.246 e. The lowest BCUT2D eigenvalue weighted by atomic mass is 10.3. The van der Waals surface area contributed by atoms with Gasteiger partial charge in [-0.1, -0.05) is 11.6 Å². The van der Waals surface area contributed by atoms with Gasteiger partial charge in [0.2, 0.25) is 11.8 Å². The van der Waals surface area contributed by atoms with E-state index in [1.165, 1.54) is 7.11 Å². The molecule has 0 aliphatic rings. The van der Waals surface area contributed by atoms with Crippen LogP contribution in [0, 0.1) is 0 Å². The first-order valence-electron chi connectivity index (χ1n) is 4.93. The summed E-state index contributed by atoms with van der Waals surface area (Å²) in [7, 11) is 1.53. The summed E-state index contributed by atoms with van der Waals surface area (Å²) in [5, 5.41) is 0.643. The summed E-state index contributed by atoms with van der Waals surface area (Å²) in [6.07, 6.45) is 0. The second-order valence-electron chi connectivity index (χ2n) is 3.30. The maximum absolute atomic E-state index is 5.78. The SMILES string of the molecule is COc1ccc(N)c(Oc2ccc(Cl)cc2)n1. The summed E-state index contributed by atoms with van der Waals surface area (Å²) in [6, 6.07) is 10.3. The molecule has 2 N–H and O–H groups in total. The number of methoxy groups -OCH3 is 1. The summed E-state index contributed by atoms with van der Waals surface area (Å²) in [4.78, 5) is 4.11. The Morgan fingerprint density at radius 2 is 1.82 bits per heavy atom. The van der Waals surface area contributed by atoms with Crippen LogP contribution < -0.4 is 15.2 Å². The third-order valence-electron chi connectivity index (χ3n) is 2.10. The fourth-order valence-electron chi connectivity index (χ4n) is 1.24. The molecule has 0 fully saturated rings. The molecule has 1 heterocycles. The smallest absolute Gasteiger partial charge is 0.246 e. The van der Waals surface area contributed by atoms with Gasteiger partial charge < -0.3 is 15.2 Å². The van der Waals surface area contributed by atoms with Crippen molar-refractivity contribution in [3.63, 3.8) is 0 Å². The molecule has 0 radical (unpaired) electrons. The van der Waals surface area contributed by atoms with Gasteiger partial charge in [-0.05, 0) is 30.3 Å². The van der Waals surface area contributed by atoms with Crippen molar-refractivity contribution in [3.8, 4) is 17.5 Å². The van der Waals surface area contributed by atoms with Crippen LogP contribution in [0.15, 0.2) is 36.4 Å². The van der Waals surface area contributed by atoms with Crippen LogP contribution in [0.5, 0.6) is 17.5 Å². The molecule has 0 atom stereocenters. The van der Waals surface area contributed by atoms with Crippen molar-refractivity contribution in [2.24, 2.45) is 0 Å². The Kier molecular flexibility index (Phi) is 3.35. The number of nitrogen functional groups attached to an aromatic ring is 1. The molecule has 2 aromatic rings. The van der Waals surface area contributed by atoms with Crippen molar-refractivity contribution in [2.75, 3.05) is 12.8 Å². The fraction of sp³-hybridized carbons (Fsp3) is 0.0833. The average Bonchev–Trinajstić information content (AvgIpc) is 2.35. The van der Waals surface area contributed by atoms with E-state index in [9.17, 15) is 0 Å². The normalized spacial score (nSPS) is 10.0. The maximum atomic E-state index is 5.78. The molecule has 0 aliphatic heterocycles. The van der Waals surface area contributed by atoms with Crippen LogP contribution in [0.25, 0.3) is 0 Å². The number of halogens is 1. The van der Waals surface area contributed by atoms with Crippen LogP contribution in [0.2, 0.25) is 5.02 Å². The van der Waals surface area contributed by atoms with Crippen LogP contribution >= 0.6 is 11.6 Å². The average molecular weight is 251 g/mol. The van der Waals surface area contributed by atoms with Crippen molar-refractivity contribution in [1.29, 1.82) is 0 Å². The Hall–Kier alpha value is -1.94. The molecule has 5 heteroatoms. The zero-order chi connectivity index (χ0) is 12.3. The molecular weight excluding hydrogens is 240 g/mol. The number of pyridine rings is 1. The second kappa shape index (κ2) is 4.93. The van der Waals surface area contributed by atoms with Crippen molar-refractivity contribution < 1.29 is 9.47 Å². The number of hydrogen-bond donors (Lipinski definition) is 1. The molecule has 1 aromatic heterocycles. The highest BCUT2D eigenvalue weighted by Gasteiger charge is 2.06. The monoisotopic (exact) mass is 250 g/mol. The second-order valence-corrected chi connectivity index (χ2v) is 3.74. The molecule has 0 bridgehead atoms. The largest absolute Gasteiger partial charge is 0.481 e. The first-order chi connectivity index (χ1) is 8.19. The predicted molar refractivity (Wildman–Crippen MR) is 66.7 cm³/mol. The standard InChI is InChI=1S/C12H11ClN2O2/c1-16-11-7-6-10(14)12(15-11)17-9-4-2-8(13)3-5-9/h2-7H,14H2,1H3. The van der Waals surface area contributed by atoms with Crippen LogP contribution in [0.4, 0.5) is 5.69 Å². The van der Waals surface area contributed by atoms with Gasteiger partial charge in [0.25, 0.3) is 0 Å². The van der Waals surface area contributed by atoms with E-state index in [1.54, 1.807) is 36.4 Å². The van der Waals surface area contributed by atoms with Gasteiger partial charge in [0, 0.05) is 11.1 Å².